The monoisotopic (exact) mass is 174 g/mol. The molecule has 12 heavy (non-hydrogen) atoms. The van der Waals surface area contributed by atoms with Crippen LogP contribution in [0.25, 0.3) is 6.08 Å². The molecule has 0 heterocycles. The zero-order valence-corrected chi connectivity index (χ0v) is 7.59. The van der Waals surface area contributed by atoms with Gasteiger partial charge in [0.05, 0.1) is 0 Å². The molecule has 0 fully saturated rings. The molecular weight excluding hydrogens is 164 g/mol. The van der Waals surface area contributed by atoms with Crippen LogP contribution >= 0.6 is 12.6 Å². The van der Waals surface area contributed by atoms with Crippen LogP contribution in [0.4, 0.5) is 0 Å². The molecule has 1 aliphatic carbocycles. The van der Waals surface area contributed by atoms with Crippen molar-refractivity contribution in [3.05, 3.63) is 52.4 Å². The topological polar surface area (TPSA) is 0 Å². The quantitative estimate of drug-likeness (QED) is 0.574. The van der Waals surface area contributed by atoms with Crippen molar-refractivity contribution in [2.45, 2.75) is 6.42 Å². The third-order valence-electron chi connectivity index (χ3n) is 2.02. The standard InChI is InChI=1S/C11H10S/c12-11-7-5-9-3-1-2-4-10(9)6-8-11/h1-5,7-8,12H,6H2. The summed E-state index contributed by atoms with van der Waals surface area (Å²) < 4.78 is 0. The molecule has 0 amide bonds. The van der Waals surface area contributed by atoms with E-state index in [4.69, 9.17) is 0 Å². The van der Waals surface area contributed by atoms with Crippen molar-refractivity contribution in [1.29, 1.82) is 0 Å². The Hall–Kier alpha value is -0.950. The lowest BCUT2D eigenvalue weighted by molar-refractivity contribution is 1.26. The second kappa shape index (κ2) is 3.20. The highest BCUT2D eigenvalue weighted by molar-refractivity contribution is 7.84. The average molecular weight is 174 g/mol. The fraction of sp³-hybridized carbons (Fsp3) is 0.0909. The van der Waals surface area contributed by atoms with Gasteiger partial charge in [0.1, 0.15) is 0 Å². The molecule has 1 heteroatoms. The van der Waals surface area contributed by atoms with Crippen LogP contribution in [0, 0.1) is 0 Å². The fourth-order valence-electron chi connectivity index (χ4n) is 1.34. The van der Waals surface area contributed by atoms with E-state index in [0.717, 1.165) is 11.3 Å². The maximum absolute atomic E-state index is 4.31. The van der Waals surface area contributed by atoms with Crippen molar-refractivity contribution in [3.8, 4) is 0 Å². The summed E-state index contributed by atoms with van der Waals surface area (Å²) >= 11 is 4.31. The number of hydrogen-bond acceptors (Lipinski definition) is 1. The van der Waals surface area contributed by atoms with Gasteiger partial charge < -0.3 is 0 Å². The van der Waals surface area contributed by atoms with E-state index in [1.807, 2.05) is 6.08 Å². The molecule has 0 aliphatic heterocycles. The van der Waals surface area contributed by atoms with Crippen LogP contribution in [0.3, 0.4) is 0 Å². The van der Waals surface area contributed by atoms with Crippen LogP contribution in [0.2, 0.25) is 0 Å². The van der Waals surface area contributed by atoms with Gasteiger partial charge in [-0.3, -0.25) is 0 Å². The van der Waals surface area contributed by atoms with Gasteiger partial charge in [-0.15, -0.1) is 12.6 Å². The van der Waals surface area contributed by atoms with Gasteiger partial charge in [0.25, 0.3) is 0 Å². The predicted octanol–water partition coefficient (Wildman–Crippen LogP) is 3.07. The number of benzene rings is 1. The lowest BCUT2D eigenvalue weighted by Gasteiger charge is -1.99. The minimum absolute atomic E-state index is 0.988. The van der Waals surface area contributed by atoms with E-state index in [1.165, 1.54) is 11.1 Å². The van der Waals surface area contributed by atoms with Gasteiger partial charge in [-0.05, 0) is 23.6 Å². The number of allylic oxidation sites excluding steroid dienone is 2. The zero-order chi connectivity index (χ0) is 8.39. The third-order valence-corrected chi connectivity index (χ3v) is 2.35. The smallest absolute Gasteiger partial charge is 0.000356 e. The SMILES string of the molecule is SC1=CCc2ccccc2C=C1. The van der Waals surface area contributed by atoms with Crippen LogP contribution in [0.1, 0.15) is 11.1 Å². The summed E-state index contributed by atoms with van der Waals surface area (Å²) in [4.78, 5) is 1.05. The average Bonchev–Trinajstić information content (AvgIpc) is 2.29. The number of thiol groups is 1. The number of fused-ring (bicyclic) bond motifs is 1. The summed E-state index contributed by atoms with van der Waals surface area (Å²) in [5.74, 6) is 0. The second-order valence-corrected chi connectivity index (χ2v) is 3.38. The van der Waals surface area contributed by atoms with Gasteiger partial charge in [0, 0.05) is 4.91 Å². The summed E-state index contributed by atoms with van der Waals surface area (Å²) in [6.45, 7) is 0. The summed E-state index contributed by atoms with van der Waals surface area (Å²) in [5.41, 5.74) is 2.68. The predicted molar refractivity (Wildman–Crippen MR) is 56.2 cm³/mol. The van der Waals surface area contributed by atoms with E-state index in [0.29, 0.717) is 0 Å². The largest absolute Gasteiger partial charge is 0.144 e. The Morgan fingerprint density at radius 3 is 2.83 bits per heavy atom. The van der Waals surface area contributed by atoms with Crippen molar-refractivity contribution >= 4 is 18.7 Å². The Kier molecular flexibility index (Phi) is 2.05. The molecular formula is C11H10S. The highest BCUT2D eigenvalue weighted by Gasteiger charge is 1.99. The molecule has 0 saturated heterocycles. The lowest BCUT2D eigenvalue weighted by Crippen LogP contribution is -1.83. The molecule has 0 N–H and O–H groups in total. The van der Waals surface area contributed by atoms with E-state index in [9.17, 15) is 0 Å². The summed E-state index contributed by atoms with van der Waals surface area (Å²) in [7, 11) is 0. The zero-order valence-electron chi connectivity index (χ0n) is 6.70. The normalized spacial score (nSPS) is 14.9. The molecule has 0 nitrogen and oxygen atoms in total. The van der Waals surface area contributed by atoms with Crippen molar-refractivity contribution in [2.24, 2.45) is 0 Å². The molecule has 0 atom stereocenters. The second-order valence-electron chi connectivity index (χ2n) is 2.87. The third kappa shape index (κ3) is 1.46. The van der Waals surface area contributed by atoms with E-state index in [1.54, 1.807) is 0 Å². The highest BCUT2D eigenvalue weighted by Crippen LogP contribution is 2.18. The van der Waals surface area contributed by atoms with Gasteiger partial charge in [0.15, 0.2) is 0 Å². The van der Waals surface area contributed by atoms with Gasteiger partial charge in [0.2, 0.25) is 0 Å². The maximum atomic E-state index is 4.31. The van der Waals surface area contributed by atoms with Gasteiger partial charge in [-0.25, -0.2) is 0 Å². The van der Waals surface area contributed by atoms with E-state index in [2.05, 4.69) is 49.0 Å². The number of hydrogen-bond donors (Lipinski definition) is 1. The van der Waals surface area contributed by atoms with Gasteiger partial charge in [-0.2, -0.15) is 0 Å². The molecule has 1 aliphatic rings. The Bertz CT molecular complexity index is 348. The maximum Gasteiger partial charge on any atom is 0.000356 e. The Morgan fingerprint density at radius 1 is 1.08 bits per heavy atom. The van der Waals surface area contributed by atoms with Gasteiger partial charge in [-0.1, -0.05) is 36.4 Å². The highest BCUT2D eigenvalue weighted by atomic mass is 32.1. The van der Waals surface area contributed by atoms with E-state index < -0.39 is 0 Å². The molecule has 1 aromatic rings. The van der Waals surface area contributed by atoms with Crippen molar-refractivity contribution < 1.29 is 0 Å². The van der Waals surface area contributed by atoms with Gasteiger partial charge >= 0.3 is 0 Å². The first kappa shape index (κ1) is 7.69. The van der Waals surface area contributed by atoms with Crippen LogP contribution < -0.4 is 0 Å². The minimum atomic E-state index is 0.988. The molecule has 2 rings (SSSR count). The first-order chi connectivity index (χ1) is 5.86. The Labute approximate surface area is 78.0 Å². The summed E-state index contributed by atoms with van der Waals surface area (Å²) in [6.07, 6.45) is 7.27. The van der Waals surface area contributed by atoms with Crippen LogP contribution in [0.5, 0.6) is 0 Å². The van der Waals surface area contributed by atoms with Crippen molar-refractivity contribution in [3.63, 3.8) is 0 Å². The molecule has 0 spiro atoms. The molecule has 0 saturated carbocycles. The molecule has 0 aromatic heterocycles. The van der Waals surface area contributed by atoms with Crippen molar-refractivity contribution in [2.75, 3.05) is 0 Å². The molecule has 0 radical (unpaired) electrons. The summed E-state index contributed by atoms with van der Waals surface area (Å²) in [5, 5.41) is 0. The first-order valence-corrected chi connectivity index (χ1v) is 4.46. The number of rotatable bonds is 0. The van der Waals surface area contributed by atoms with Crippen LogP contribution in [0.15, 0.2) is 41.3 Å². The fourth-order valence-corrected chi connectivity index (χ4v) is 1.51. The molecule has 0 bridgehead atoms. The minimum Gasteiger partial charge on any atom is -0.144 e. The van der Waals surface area contributed by atoms with E-state index in [-0.39, 0.29) is 0 Å². The molecule has 0 unspecified atom stereocenters. The Morgan fingerprint density at radius 2 is 1.92 bits per heavy atom. The molecule has 60 valence electrons. The lowest BCUT2D eigenvalue weighted by atomic mass is 10.1. The molecule has 1 aromatic carbocycles. The van der Waals surface area contributed by atoms with Crippen LogP contribution in [-0.4, -0.2) is 0 Å². The first-order valence-electron chi connectivity index (χ1n) is 4.01. The van der Waals surface area contributed by atoms with Crippen molar-refractivity contribution in [1.82, 2.24) is 0 Å². The summed E-state index contributed by atoms with van der Waals surface area (Å²) in [6, 6.07) is 8.42. The Balaban J connectivity index is 2.48. The van der Waals surface area contributed by atoms with E-state index >= 15 is 0 Å². The van der Waals surface area contributed by atoms with Crippen LogP contribution in [-0.2, 0) is 6.42 Å².